The van der Waals surface area contributed by atoms with E-state index in [-0.39, 0.29) is 5.91 Å². The third kappa shape index (κ3) is 3.24. The smallest absolute Gasteiger partial charge is 0.254 e. The lowest BCUT2D eigenvalue weighted by Crippen LogP contribution is -2.38. The van der Waals surface area contributed by atoms with E-state index in [0.717, 1.165) is 19.4 Å². The number of ether oxygens (including phenoxy) is 1. The second-order valence-corrected chi connectivity index (χ2v) is 5.25. The van der Waals surface area contributed by atoms with E-state index < -0.39 is 0 Å². The molecule has 0 aromatic heterocycles. The minimum absolute atomic E-state index is 0.0626. The van der Waals surface area contributed by atoms with Gasteiger partial charge in [-0.1, -0.05) is 12.8 Å². The van der Waals surface area contributed by atoms with E-state index in [1.54, 1.807) is 18.2 Å². The van der Waals surface area contributed by atoms with Crippen LogP contribution >= 0.6 is 0 Å². The van der Waals surface area contributed by atoms with Crippen molar-refractivity contribution >= 4 is 11.6 Å². The summed E-state index contributed by atoms with van der Waals surface area (Å²) in [5.74, 6) is 0.728. The van der Waals surface area contributed by atoms with Crippen molar-refractivity contribution in [3.8, 4) is 5.75 Å². The molecule has 2 rings (SSSR count). The highest BCUT2D eigenvalue weighted by Crippen LogP contribution is 2.26. The number of nitrogens with zero attached hydrogens (tertiary/aromatic N) is 1. The second kappa shape index (κ2) is 6.64. The molecule has 1 aromatic rings. The minimum atomic E-state index is 0.0626. The zero-order valence-electron chi connectivity index (χ0n) is 12.4. The van der Waals surface area contributed by atoms with Crippen LogP contribution in [0.3, 0.4) is 0 Å². The standard InChI is InChI=1S/C16H24N2O2/c1-3-18(14-7-5-6-8-14)16(19)12-9-13(17)11-15(10-12)20-4-2/h9-11,14H,3-8,17H2,1-2H3. The summed E-state index contributed by atoms with van der Waals surface area (Å²) in [6, 6.07) is 5.67. The van der Waals surface area contributed by atoms with E-state index in [9.17, 15) is 4.79 Å². The SMILES string of the molecule is CCOc1cc(N)cc(C(=O)N(CC)C2CCCC2)c1. The molecule has 0 spiro atoms. The van der Waals surface area contributed by atoms with Crippen LogP contribution in [0.15, 0.2) is 18.2 Å². The number of hydrogen-bond donors (Lipinski definition) is 1. The van der Waals surface area contributed by atoms with Gasteiger partial charge in [0.1, 0.15) is 5.75 Å². The van der Waals surface area contributed by atoms with E-state index in [1.807, 2.05) is 18.7 Å². The average molecular weight is 276 g/mol. The van der Waals surface area contributed by atoms with Crippen molar-refractivity contribution in [1.82, 2.24) is 4.90 Å². The molecular formula is C16H24N2O2. The number of hydrogen-bond acceptors (Lipinski definition) is 3. The Morgan fingerprint density at radius 3 is 2.60 bits per heavy atom. The van der Waals surface area contributed by atoms with E-state index in [0.29, 0.717) is 29.6 Å². The van der Waals surface area contributed by atoms with Crippen LogP contribution in [0, 0.1) is 0 Å². The molecule has 1 saturated carbocycles. The summed E-state index contributed by atoms with van der Waals surface area (Å²) in [4.78, 5) is 14.7. The minimum Gasteiger partial charge on any atom is -0.494 e. The number of benzene rings is 1. The maximum atomic E-state index is 12.7. The summed E-state index contributed by atoms with van der Waals surface area (Å²) in [5, 5.41) is 0. The Labute approximate surface area is 120 Å². The Kier molecular flexibility index (Phi) is 4.88. The molecule has 4 heteroatoms. The molecule has 0 radical (unpaired) electrons. The zero-order valence-corrected chi connectivity index (χ0v) is 12.4. The van der Waals surface area contributed by atoms with Gasteiger partial charge in [-0.3, -0.25) is 4.79 Å². The quantitative estimate of drug-likeness (QED) is 0.841. The van der Waals surface area contributed by atoms with Crippen molar-refractivity contribution < 1.29 is 9.53 Å². The molecule has 0 atom stereocenters. The highest BCUT2D eigenvalue weighted by atomic mass is 16.5. The van der Waals surface area contributed by atoms with Gasteiger partial charge in [0.25, 0.3) is 5.91 Å². The van der Waals surface area contributed by atoms with Gasteiger partial charge >= 0.3 is 0 Å². The van der Waals surface area contributed by atoms with E-state index in [1.165, 1.54) is 12.8 Å². The fourth-order valence-electron chi connectivity index (χ4n) is 2.94. The lowest BCUT2D eigenvalue weighted by Gasteiger charge is -2.28. The van der Waals surface area contributed by atoms with Crippen molar-refractivity contribution in [3.05, 3.63) is 23.8 Å². The summed E-state index contributed by atoms with van der Waals surface area (Å²) in [7, 11) is 0. The van der Waals surface area contributed by atoms with Gasteiger partial charge in [0.05, 0.1) is 6.61 Å². The molecule has 1 aliphatic rings. The van der Waals surface area contributed by atoms with Gasteiger partial charge in [-0.2, -0.15) is 0 Å². The lowest BCUT2D eigenvalue weighted by atomic mass is 10.1. The molecule has 0 heterocycles. The largest absolute Gasteiger partial charge is 0.494 e. The molecule has 20 heavy (non-hydrogen) atoms. The Balaban J connectivity index is 2.21. The summed E-state index contributed by atoms with van der Waals surface area (Å²) in [6.07, 6.45) is 4.66. The number of nitrogens with two attached hydrogens (primary N) is 1. The maximum Gasteiger partial charge on any atom is 0.254 e. The maximum absolute atomic E-state index is 12.7. The summed E-state index contributed by atoms with van der Waals surface area (Å²) < 4.78 is 5.47. The topological polar surface area (TPSA) is 55.6 Å². The second-order valence-electron chi connectivity index (χ2n) is 5.25. The Morgan fingerprint density at radius 2 is 2.00 bits per heavy atom. The Hall–Kier alpha value is -1.71. The summed E-state index contributed by atoms with van der Waals surface area (Å²) in [6.45, 7) is 5.26. The molecular weight excluding hydrogens is 252 g/mol. The normalized spacial score (nSPS) is 15.3. The van der Waals surface area contributed by atoms with Crippen LogP contribution in [0.5, 0.6) is 5.75 Å². The fourth-order valence-corrected chi connectivity index (χ4v) is 2.94. The average Bonchev–Trinajstić information content (AvgIpc) is 2.93. The van der Waals surface area contributed by atoms with Crippen molar-refractivity contribution in [1.29, 1.82) is 0 Å². The van der Waals surface area contributed by atoms with Gasteiger partial charge in [-0.15, -0.1) is 0 Å². The van der Waals surface area contributed by atoms with E-state index in [4.69, 9.17) is 10.5 Å². The number of rotatable bonds is 5. The molecule has 1 aliphatic carbocycles. The van der Waals surface area contributed by atoms with Crippen molar-refractivity contribution in [3.63, 3.8) is 0 Å². The number of carbonyl (C=O) groups excluding carboxylic acids is 1. The molecule has 0 aliphatic heterocycles. The monoisotopic (exact) mass is 276 g/mol. The number of anilines is 1. The third-order valence-electron chi connectivity index (χ3n) is 3.85. The van der Waals surface area contributed by atoms with Crippen LogP contribution in [0.4, 0.5) is 5.69 Å². The molecule has 2 N–H and O–H groups in total. The van der Waals surface area contributed by atoms with Crippen LogP contribution < -0.4 is 10.5 Å². The van der Waals surface area contributed by atoms with E-state index >= 15 is 0 Å². The van der Waals surface area contributed by atoms with E-state index in [2.05, 4.69) is 0 Å². The van der Waals surface area contributed by atoms with Gasteiger partial charge in [0, 0.05) is 29.9 Å². The molecule has 1 aromatic carbocycles. The molecule has 1 amide bonds. The van der Waals surface area contributed by atoms with Gasteiger partial charge in [0.15, 0.2) is 0 Å². The fraction of sp³-hybridized carbons (Fsp3) is 0.562. The van der Waals surface area contributed by atoms with Crippen molar-refractivity contribution in [2.45, 2.75) is 45.6 Å². The van der Waals surface area contributed by atoms with Gasteiger partial charge in [-0.05, 0) is 38.8 Å². The van der Waals surface area contributed by atoms with Crippen LogP contribution in [0.2, 0.25) is 0 Å². The molecule has 4 nitrogen and oxygen atoms in total. The number of carbonyl (C=O) groups is 1. The van der Waals surface area contributed by atoms with Gasteiger partial charge in [-0.25, -0.2) is 0 Å². The van der Waals surface area contributed by atoms with Gasteiger partial charge in [0.2, 0.25) is 0 Å². The lowest BCUT2D eigenvalue weighted by molar-refractivity contribution is 0.0693. The first-order valence-electron chi connectivity index (χ1n) is 7.50. The van der Waals surface area contributed by atoms with Crippen molar-refractivity contribution in [2.24, 2.45) is 0 Å². The number of amides is 1. The highest BCUT2D eigenvalue weighted by molar-refractivity contribution is 5.95. The highest BCUT2D eigenvalue weighted by Gasteiger charge is 2.26. The summed E-state index contributed by atoms with van der Waals surface area (Å²) in [5.41, 5.74) is 7.07. The first-order chi connectivity index (χ1) is 9.65. The zero-order chi connectivity index (χ0) is 14.5. The molecule has 1 fully saturated rings. The molecule has 0 saturated heterocycles. The first-order valence-corrected chi connectivity index (χ1v) is 7.50. The third-order valence-corrected chi connectivity index (χ3v) is 3.85. The Bertz CT molecular complexity index is 468. The number of nitrogen functional groups attached to an aromatic ring is 1. The molecule has 110 valence electrons. The van der Waals surface area contributed by atoms with Crippen LogP contribution in [-0.4, -0.2) is 30.0 Å². The molecule has 0 unspecified atom stereocenters. The predicted molar refractivity (Wildman–Crippen MR) is 81.0 cm³/mol. The Morgan fingerprint density at radius 1 is 1.30 bits per heavy atom. The van der Waals surface area contributed by atoms with Crippen LogP contribution in [-0.2, 0) is 0 Å². The predicted octanol–water partition coefficient (Wildman–Crippen LogP) is 3.07. The van der Waals surface area contributed by atoms with Crippen LogP contribution in [0.25, 0.3) is 0 Å². The molecule has 0 bridgehead atoms. The summed E-state index contributed by atoms with van der Waals surface area (Å²) >= 11 is 0. The van der Waals surface area contributed by atoms with Crippen LogP contribution in [0.1, 0.15) is 49.9 Å². The van der Waals surface area contributed by atoms with Gasteiger partial charge < -0.3 is 15.4 Å². The first kappa shape index (κ1) is 14.7. The van der Waals surface area contributed by atoms with Crippen molar-refractivity contribution in [2.75, 3.05) is 18.9 Å².